The minimum atomic E-state index is -0.233. The minimum Gasteiger partial charge on any atom is -0.352 e. The fourth-order valence-electron chi connectivity index (χ4n) is 2.11. The van der Waals surface area contributed by atoms with Crippen LogP contribution in [0.15, 0.2) is 30.3 Å². The van der Waals surface area contributed by atoms with Crippen molar-refractivity contribution in [1.82, 2.24) is 5.32 Å². The number of benzene rings is 1. The van der Waals surface area contributed by atoms with Gasteiger partial charge >= 0.3 is 0 Å². The third kappa shape index (κ3) is 7.64. The van der Waals surface area contributed by atoms with E-state index < -0.39 is 0 Å². The monoisotopic (exact) mass is 291 g/mol. The fraction of sp³-hybridized carbons (Fsp3) is 0.556. The zero-order valence-electron chi connectivity index (χ0n) is 14.2. The number of carbonyl (C=O) groups excluding carboxylic acids is 2. The van der Waals surface area contributed by atoms with Gasteiger partial charge in [-0.2, -0.15) is 0 Å². The highest BCUT2D eigenvalue weighted by Gasteiger charge is 2.30. The first kappa shape index (κ1) is 19.4. The zero-order valence-corrected chi connectivity index (χ0v) is 14.2. The zero-order chi connectivity index (χ0) is 16.5. The highest BCUT2D eigenvalue weighted by atomic mass is 16.2. The molecule has 1 amide bonds. The Morgan fingerprint density at radius 2 is 1.62 bits per heavy atom. The van der Waals surface area contributed by atoms with Crippen LogP contribution >= 0.6 is 0 Å². The number of hydrogen-bond donors (Lipinski definition) is 1. The molecule has 1 rings (SSSR count). The van der Waals surface area contributed by atoms with Gasteiger partial charge in [-0.3, -0.25) is 9.59 Å². The van der Waals surface area contributed by atoms with Crippen molar-refractivity contribution < 1.29 is 9.59 Å². The maximum Gasteiger partial charge on any atom is 0.221 e. The Kier molecular flexibility index (Phi) is 8.60. The predicted molar refractivity (Wildman–Crippen MR) is 87.9 cm³/mol. The average Bonchev–Trinajstić information content (AvgIpc) is 2.44. The molecule has 0 bridgehead atoms. The Morgan fingerprint density at radius 3 is 2.05 bits per heavy atom. The van der Waals surface area contributed by atoms with Crippen molar-refractivity contribution in [3.05, 3.63) is 35.9 Å². The molecule has 1 N–H and O–H groups in total. The molecule has 0 heterocycles. The summed E-state index contributed by atoms with van der Waals surface area (Å²) >= 11 is 0. The van der Waals surface area contributed by atoms with Crippen molar-refractivity contribution >= 4 is 11.7 Å². The number of rotatable bonds is 5. The first-order valence-electron chi connectivity index (χ1n) is 7.62. The maximum atomic E-state index is 11.9. The van der Waals surface area contributed by atoms with E-state index >= 15 is 0 Å². The van der Waals surface area contributed by atoms with Gasteiger partial charge in [0, 0.05) is 18.9 Å². The molecule has 0 aliphatic heterocycles. The van der Waals surface area contributed by atoms with E-state index in [1.165, 1.54) is 0 Å². The van der Waals surface area contributed by atoms with Gasteiger partial charge in [-0.1, -0.05) is 65.0 Å². The largest absolute Gasteiger partial charge is 0.352 e. The van der Waals surface area contributed by atoms with Crippen LogP contribution in [0, 0.1) is 11.3 Å². The minimum absolute atomic E-state index is 0.0704. The summed E-state index contributed by atoms with van der Waals surface area (Å²) in [7, 11) is 0. The molecule has 0 radical (unpaired) electrons. The summed E-state index contributed by atoms with van der Waals surface area (Å²) in [6, 6.07) is 9.75. The summed E-state index contributed by atoms with van der Waals surface area (Å²) in [5, 5.41) is 2.87. The second kappa shape index (κ2) is 9.32. The van der Waals surface area contributed by atoms with Gasteiger partial charge in [-0.15, -0.1) is 0 Å². The lowest BCUT2D eigenvalue weighted by atomic mass is 9.76. The summed E-state index contributed by atoms with van der Waals surface area (Å²) in [6.07, 6.45) is 0.256. The second-order valence-electron chi connectivity index (χ2n) is 6.00. The summed E-state index contributed by atoms with van der Waals surface area (Å²) in [4.78, 5) is 23.5. The Hall–Kier alpha value is -1.64. The van der Waals surface area contributed by atoms with E-state index in [0.29, 0.717) is 6.54 Å². The predicted octanol–water partition coefficient (Wildman–Crippen LogP) is 3.97. The molecule has 0 fully saturated rings. The lowest BCUT2D eigenvalue weighted by Crippen LogP contribution is -2.33. The number of Topliss-reactive ketones (excluding diaryl/α,β-unsaturated/α-hetero) is 1. The van der Waals surface area contributed by atoms with Crippen molar-refractivity contribution in [2.24, 2.45) is 11.3 Å². The SMILES string of the molecule is CC.CC(=O)C(CC(=O)NCc1ccccc1)C(C)(C)C. The Labute approximate surface area is 129 Å². The third-order valence-electron chi connectivity index (χ3n) is 3.26. The van der Waals surface area contributed by atoms with E-state index in [1.54, 1.807) is 6.92 Å². The standard InChI is InChI=1S/C16H23NO2.C2H6/c1-12(18)14(16(2,3)4)10-15(19)17-11-13-8-6-5-7-9-13;1-2/h5-9,14H,10-11H2,1-4H3,(H,17,19);1-2H3. The number of ketones is 1. The van der Waals surface area contributed by atoms with Crippen LogP contribution in [0.4, 0.5) is 0 Å². The van der Waals surface area contributed by atoms with Crippen LogP contribution in [0.5, 0.6) is 0 Å². The van der Waals surface area contributed by atoms with Crippen molar-refractivity contribution in [3.8, 4) is 0 Å². The third-order valence-corrected chi connectivity index (χ3v) is 3.26. The van der Waals surface area contributed by atoms with Crippen LogP contribution in [0.3, 0.4) is 0 Å². The summed E-state index contributed by atoms with van der Waals surface area (Å²) in [5.41, 5.74) is 0.876. The molecule has 0 aromatic heterocycles. The molecule has 0 saturated heterocycles. The van der Waals surface area contributed by atoms with E-state index in [9.17, 15) is 9.59 Å². The van der Waals surface area contributed by atoms with E-state index in [0.717, 1.165) is 5.56 Å². The number of hydrogen-bond acceptors (Lipinski definition) is 2. The Bertz CT molecular complexity index is 432. The van der Waals surface area contributed by atoms with Crippen LogP contribution in [0.2, 0.25) is 0 Å². The molecule has 0 saturated carbocycles. The molecule has 1 atom stereocenters. The molecule has 0 aliphatic carbocycles. The van der Waals surface area contributed by atoms with Gasteiger partial charge in [0.1, 0.15) is 5.78 Å². The molecule has 0 aliphatic rings. The van der Waals surface area contributed by atoms with Gasteiger partial charge in [-0.25, -0.2) is 0 Å². The molecule has 3 heteroatoms. The summed E-state index contributed by atoms with van der Waals surface area (Å²) in [5.74, 6) is -0.232. The van der Waals surface area contributed by atoms with Crippen molar-refractivity contribution in [1.29, 1.82) is 0 Å². The normalized spacial score (nSPS) is 11.9. The molecule has 118 valence electrons. The summed E-state index contributed by atoms with van der Waals surface area (Å²) in [6.45, 7) is 12.0. The summed E-state index contributed by atoms with van der Waals surface area (Å²) < 4.78 is 0. The van der Waals surface area contributed by atoms with E-state index in [2.05, 4.69) is 5.32 Å². The van der Waals surface area contributed by atoms with E-state index in [1.807, 2.05) is 65.0 Å². The highest BCUT2D eigenvalue weighted by molar-refractivity contribution is 5.86. The first-order valence-corrected chi connectivity index (χ1v) is 7.62. The maximum absolute atomic E-state index is 11.9. The van der Waals surface area contributed by atoms with Gasteiger partial charge in [0.25, 0.3) is 0 Å². The number of carbonyl (C=O) groups is 2. The van der Waals surface area contributed by atoms with E-state index in [4.69, 9.17) is 0 Å². The quantitative estimate of drug-likeness (QED) is 0.892. The molecule has 1 unspecified atom stereocenters. The molecule has 21 heavy (non-hydrogen) atoms. The topological polar surface area (TPSA) is 46.2 Å². The van der Waals surface area contributed by atoms with Gasteiger partial charge < -0.3 is 5.32 Å². The van der Waals surface area contributed by atoms with E-state index in [-0.39, 0.29) is 29.4 Å². The molecule has 1 aromatic rings. The smallest absolute Gasteiger partial charge is 0.221 e. The molecule has 0 spiro atoms. The molecule has 1 aromatic carbocycles. The van der Waals surface area contributed by atoms with Crippen LogP contribution in [-0.2, 0) is 16.1 Å². The van der Waals surface area contributed by atoms with Crippen LogP contribution in [-0.4, -0.2) is 11.7 Å². The van der Waals surface area contributed by atoms with Crippen LogP contribution < -0.4 is 5.32 Å². The van der Waals surface area contributed by atoms with Crippen molar-refractivity contribution in [2.75, 3.05) is 0 Å². The van der Waals surface area contributed by atoms with Crippen LogP contribution in [0.25, 0.3) is 0 Å². The lowest BCUT2D eigenvalue weighted by molar-refractivity contribution is -0.131. The van der Waals surface area contributed by atoms with Gasteiger partial charge in [-0.05, 0) is 17.9 Å². The molecular formula is C18H29NO2. The number of nitrogens with one attached hydrogen (secondary N) is 1. The lowest BCUT2D eigenvalue weighted by Gasteiger charge is -2.28. The van der Waals surface area contributed by atoms with Gasteiger partial charge in [0.05, 0.1) is 0 Å². The Morgan fingerprint density at radius 1 is 1.10 bits per heavy atom. The molecular weight excluding hydrogens is 262 g/mol. The van der Waals surface area contributed by atoms with Gasteiger partial charge in [0.15, 0.2) is 0 Å². The Balaban J connectivity index is 0.00000191. The second-order valence-corrected chi connectivity index (χ2v) is 6.00. The van der Waals surface area contributed by atoms with Crippen molar-refractivity contribution in [3.63, 3.8) is 0 Å². The molecule has 3 nitrogen and oxygen atoms in total. The number of amides is 1. The average molecular weight is 291 g/mol. The first-order chi connectivity index (χ1) is 9.80. The van der Waals surface area contributed by atoms with Crippen molar-refractivity contribution in [2.45, 2.75) is 54.5 Å². The highest BCUT2D eigenvalue weighted by Crippen LogP contribution is 2.29. The van der Waals surface area contributed by atoms with Gasteiger partial charge in [0.2, 0.25) is 5.91 Å². The van der Waals surface area contributed by atoms with Crippen LogP contribution in [0.1, 0.15) is 53.5 Å². The fourth-order valence-corrected chi connectivity index (χ4v) is 2.11.